The van der Waals surface area contributed by atoms with Crippen LogP contribution in [0.1, 0.15) is 0 Å². The van der Waals surface area contributed by atoms with Crippen molar-refractivity contribution in [2.24, 2.45) is 0 Å². The number of hydrogen-bond acceptors (Lipinski definition) is 0. The molecule has 0 unspecified atom stereocenters. The minimum Gasteiger partial charge on any atom is -0.133 e. The van der Waals surface area contributed by atoms with Gasteiger partial charge < -0.3 is 0 Å². The van der Waals surface area contributed by atoms with Crippen molar-refractivity contribution < 1.29 is 0 Å². The van der Waals surface area contributed by atoms with E-state index in [1.165, 1.54) is 0 Å². The molecule has 0 aliphatic heterocycles. The van der Waals surface area contributed by atoms with Gasteiger partial charge in [0.1, 0.15) is 5.25 Å². The quantitative estimate of drug-likeness (QED) is 0.346. The fourth-order valence-corrected chi connectivity index (χ4v) is 150. The lowest BCUT2D eigenvalue weighted by molar-refractivity contribution is 1.81. The van der Waals surface area contributed by atoms with Crippen LogP contribution in [0.2, 0.25) is 39.3 Å². The molecule has 0 saturated carbocycles. The van der Waals surface area contributed by atoms with Crippen LogP contribution in [0.5, 0.6) is 0 Å². The van der Waals surface area contributed by atoms with E-state index in [1.807, 2.05) is 0 Å². The average Bonchev–Trinajstić information content (AvgIpc) is 1.77. The van der Waals surface area contributed by atoms with Gasteiger partial charge in [-0.15, -0.1) is 15.3 Å². The topological polar surface area (TPSA) is 0 Å². The van der Waals surface area contributed by atoms with E-state index in [-0.39, 0.29) is 0 Å². The summed E-state index contributed by atoms with van der Waals surface area (Å²) in [5.41, 5.74) is 0. The van der Waals surface area contributed by atoms with Crippen LogP contribution in [0.4, 0.5) is 0 Å². The van der Waals surface area contributed by atoms with E-state index >= 15 is 0 Å². The second-order valence-electron chi connectivity index (χ2n) is 5.66. The molecule has 0 aromatic heterocycles. The zero-order valence-electron chi connectivity index (χ0n) is 9.51. The maximum atomic E-state index is 4.23. The molecule has 0 radical (unpaired) electrons. The number of rotatable bonds is 3. The minimum atomic E-state index is -1.57. The molecule has 8 heteroatoms. The molecule has 0 heterocycles. The SMILES string of the molecule is C[Si](C)(C)[Si](Br)([Si](C)(C)C)[Si](Br)(Br)Br. The first-order valence-corrected chi connectivity index (χ1v) is 27.5. The molecule has 0 fully saturated rings. The van der Waals surface area contributed by atoms with Gasteiger partial charge in [0.05, 0.1) is 0 Å². The van der Waals surface area contributed by atoms with Crippen LogP contribution in [-0.2, 0) is 0 Å². The summed E-state index contributed by atoms with van der Waals surface area (Å²) in [5, 5.41) is -1.37. The van der Waals surface area contributed by atoms with Crippen LogP contribution in [0, 0.1) is 0 Å². The van der Waals surface area contributed by atoms with Gasteiger partial charge in [-0.25, -0.2) is 0 Å². The van der Waals surface area contributed by atoms with Crippen LogP contribution in [0.3, 0.4) is 0 Å². The molecule has 0 saturated heterocycles. The van der Waals surface area contributed by atoms with E-state index in [9.17, 15) is 0 Å². The van der Waals surface area contributed by atoms with Crippen molar-refractivity contribution in [2.75, 3.05) is 0 Å². The lowest BCUT2D eigenvalue weighted by Gasteiger charge is -2.49. The average molecular weight is 522 g/mol. The van der Waals surface area contributed by atoms with E-state index in [4.69, 9.17) is 0 Å². The molecule has 0 aromatic rings. The van der Waals surface area contributed by atoms with E-state index < -0.39 is 23.9 Å². The van der Waals surface area contributed by atoms with E-state index in [0.29, 0.717) is 0 Å². The Morgan fingerprint density at radius 2 is 0.786 bits per heavy atom. The van der Waals surface area contributed by atoms with Crippen molar-refractivity contribution in [2.45, 2.75) is 39.3 Å². The van der Waals surface area contributed by atoms with E-state index in [0.717, 1.165) is 0 Å². The molecule has 0 aliphatic rings. The fraction of sp³-hybridized carbons (Fsp3) is 1.00. The van der Waals surface area contributed by atoms with Crippen molar-refractivity contribution in [1.82, 2.24) is 0 Å². The Kier molecular flexibility index (Phi) is 5.77. The van der Waals surface area contributed by atoms with E-state index in [2.05, 4.69) is 100 Å². The summed E-state index contributed by atoms with van der Waals surface area (Å²) in [5.74, 6) is 0. The Morgan fingerprint density at radius 1 is 0.571 bits per heavy atom. The Hall–Kier alpha value is 2.79. The first-order chi connectivity index (χ1) is 5.75. The summed E-state index contributed by atoms with van der Waals surface area (Å²) < 4.78 is -1.57. The molecular formula is C6H18Br4Si4. The monoisotopic (exact) mass is 518 g/mol. The van der Waals surface area contributed by atoms with Crippen molar-refractivity contribution in [3.05, 3.63) is 0 Å². The van der Waals surface area contributed by atoms with Crippen molar-refractivity contribution in [1.29, 1.82) is 0 Å². The van der Waals surface area contributed by atoms with Gasteiger partial charge in [-0.2, -0.15) is 0 Å². The largest absolute Gasteiger partial charge is 0.261 e. The number of hydrogen-bond donors (Lipinski definition) is 0. The standard InChI is InChI=1S/C6H18Br4Si4/c1-11(2,3)14(10,12(4,5)6)13(7,8)9/h1-6H3. The van der Waals surface area contributed by atoms with E-state index in [1.54, 1.807) is 0 Å². The van der Waals surface area contributed by atoms with Gasteiger partial charge in [-0.3, -0.25) is 0 Å². The highest BCUT2D eigenvalue weighted by Crippen LogP contribution is 2.49. The minimum absolute atomic E-state index is 1.14. The third kappa shape index (κ3) is 3.17. The van der Waals surface area contributed by atoms with Gasteiger partial charge in [0.2, 0.25) is 0 Å². The molecule has 0 rings (SSSR count). The van der Waals surface area contributed by atoms with Gasteiger partial charge in [0.25, 0.3) is 3.45 Å². The molecule has 86 valence electrons. The second-order valence-corrected chi connectivity index (χ2v) is 76.5. The maximum Gasteiger partial charge on any atom is 0.261 e. The Morgan fingerprint density at radius 3 is 0.786 bits per heavy atom. The lowest BCUT2D eigenvalue weighted by atomic mass is 11.8. The Balaban J connectivity index is 5.54. The summed E-state index contributed by atoms with van der Waals surface area (Å²) in [6, 6.07) is 0. The smallest absolute Gasteiger partial charge is 0.133 e. The second kappa shape index (κ2) is 4.81. The summed E-state index contributed by atoms with van der Waals surface area (Å²) in [6.07, 6.45) is 0. The summed E-state index contributed by atoms with van der Waals surface area (Å²) in [4.78, 5) is 0. The van der Waals surface area contributed by atoms with Crippen molar-refractivity contribution in [3.63, 3.8) is 0 Å². The van der Waals surface area contributed by atoms with Gasteiger partial charge in [0.15, 0.2) is 0 Å². The Bertz CT molecular complexity index is 175. The molecule has 0 atom stereocenters. The zero-order chi connectivity index (χ0) is 12.0. The summed E-state index contributed by atoms with van der Waals surface area (Å²) in [7, 11) is -2.29. The third-order valence-electron chi connectivity index (χ3n) is 2.46. The lowest BCUT2D eigenvalue weighted by Crippen LogP contribution is -2.76. The molecule has 0 spiro atoms. The van der Waals surface area contributed by atoms with Crippen LogP contribution in [-0.4, -0.2) is 23.9 Å². The molecule has 0 bridgehead atoms. The maximum absolute atomic E-state index is 4.23. The molecular weight excluding hydrogens is 504 g/mol. The van der Waals surface area contributed by atoms with Crippen molar-refractivity contribution >= 4 is 85.0 Å². The van der Waals surface area contributed by atoms with Crippen LogP contribution >= 0.6 is 61.2 Å². The van der Waals surface area contributed by atoms with Crippen LogP contribution in [0.15, 0.2) is 0 Å². The zero-order valence-corrected chi connectivity index (χ0v) is 19.9. The molecule has 0 nitrogen and oxygen atoms in total. The molecule has 14 heavy (non-hydrogen) atoms. The molecule has 0 N–H and O–H groups in total. The Labute approximate surface area is 123 Å². The molecule has 0 aliphatic carbocycles. The highest BCUT2D eigenvalue weighted by atomic mass is 80.0. The first kappa shape index (κ1) is 16.8. The summed E-state index contributed by atoms with van der Waals surface area (Å²) >= 11 is 16.0. The molecule has 0 amide bonds. The summed E-state index contributed by atoms with van der Waals surface area (Å²) in [6.45, 7) is 15.0. The first-order valence-electron chi connectivity index (χ1n) is 4.51. The predicted molar refractivity (Wildman–Crippen MR) is 93.9 cm³/mol. The van der Waals surface area contributed by atoms with Crippen molar-refractivity contribution in [3.8, 4) is 0 Å². The third-order valence-corrected chi connectivity index (χ3v) is 133. The predicted octanol–water partition coefficient (Wildman–Crippen LogP) is 5.36. The van der Waals surface area contributed by atoms with Gasteiger partial charge in [-0.1, -0.05) is 85.2 Å². The fourth-order valence-electron chi connectivity index (χ4n) is 1.98. The van der Waals surface area contributed by atoms with Gasteiger partial charge >= 0.3 is 0 Å². The number of halogens is 4. The highest BCUT2D eigenvalue weighted by molar-refractivity contribution is 9.77. The van der Waals surface area contributed by atoms with Crippen LogP contribution < -0.4 is 0 Å². The highest BCUT2D eigenvalue weighted by Gasteiger charge is 2.64. The normalized spacial score (nSPS) is 15.9. The van der Waals surface area contributed by atoms with Gasteiger partial charge in [0, 0.05) is 15.2 Å². The van der Waals surface area contributed by atoms with Crippen LogP contribution in [0.25, 0.3) is 0 Å². The molecule has 0 aromatic carbocycles. The van der Waals surface area contributed by atoms with Gasteiger partial charge in [-0.05, 0) is 0 Å².